The summed E-state index contributed by atoms with van der Waals surface area (Å²) in [6.45, 7) is 4.44. The van der Waals surface area contributed by atoms with Gasteiger partial charge in [0, 0.05) is 12.0 Å². The molecule has 0 aromatic heterocycles. The van der Waals surface area contributed by atoms with Gasteiger partial charge in [0.1, 0.15) is 6.10 Å². The van der Waals surface area contributed by atoms with Gasteiger partial charge in [-0.1, -0.05) is 20.8 Å². The second kappa shape index (κ2) is 6.56. The van der Waals surface area contributed by atoms with Crippen molar-refractivity contribution < 1.29 is 24.9 Å². The minimum Gasteiger partial charge on any atom is -0.481 e. The summed E-state index contributed by atoms with van der Waals surface area (Å²) in [5.74, 6) is -2.31. The molecule has 0 saturated carbocycles. The van der Waals surface area contributed by atoms with E-state index in [9.17, 15) is 14.7 Å². The van der Waals surface area contributed by atoms with Gasteiger partial charge in [-0.3, -0.25) is 9.59 Å². The number of nitrogens with one attached hydrogen (secondary N) is 1. The van der Waals surface area contributed by atoms with E-state index in [1.807, 2.05) is 0 Å². The van der Waals surface area contributed by atoms with Crippen molar-refractivity contribution in [3.63, 3.8) is 0 Å². The Hall–Kier alpha value is -1.14. The number of carbonyl (C=O) groups is 2. The first-order valence-corrected chi connectivity index (χ1v) is 5.55. The number of amides is 1. The number of rotatable bonds is 7. The predicted octanol–water partition coefficient (Wildman–Crippen LogP) is -0.407. The van der Waals surface area contributed by atoms with Crippen molar-refractivity contribution in [2.75, 3.05) is 13.2 Å². The van der Waals surface area contributed by atoms with Crippen LogP contribution in [-0.4, -0.2) is 46.5 Å². The molecule has 1 unspecified atom stereocenters. The van der Waals surface area contributed by atoms with E-state index in [4.69, 9.17) is 10.2 Å². The summed E-state index contributed by atoms with van der Waals surface area (Å²) in [4.78, 5) is 22.2. The molecule has 0 bridgehead atoms. The highest BCUT2D eigenvalue weighted by molar-refractivity contribution is 5.82. The zero-order valence-corrected chi connectivity index (χ0v) is 10.4. The second-order valence-corrected chi connectivity index (χ2v) is 4.74. The Balaban J connectivity index is 4.32. The Bertz CT molecular complexity index is 277. The van der Waals surface area contributed by atoms with Gasteiger partial charge in [0.25, 0.3) is 0 Å². The fourth-order valence-electron chi connectivity index (χ4n) is 1.17. The van der Waals surface area contributed by atoms with E-state index in [-0.39, 0.29) is 13.2 Å². The molecule has 0 saturated heterocycles. The third-order valence-corrected chi connectivity index (χ3v) is 2.76. The molecule has 0 aliphatic carbocycles. The topological polar surface area (TPSA) is 107 Å². The first-order valence-electron chi connectivity index (χ1n) is 5.55. The average Bonchev–Trinajstić information content (AvgIpc) is 2.28. The van der Waals surface area contributed by atoms with Gasteiger partial charge in [-0.2, -0.15) is 0 Å². The first kappa shape index (κ1) is 15.9. The summed E-state index contributed by atoms with van der Waals surface area (Å²) in [5.41, 5.74) is -0.949. The van der Waals surface area contributed by atoms with Crippen LogP contribution in [0.15, 0.2) is 0 Å². The van der Waals surface area contributed by atoms with Gasteiger partial charge in [0.2, 0.25) is 5.91 Å². The van der Waals surface area contributed by atoms with E-state index in [1.165, 1.54) is 0 Å². The van der Waals surface area contributed by atoms with Crippen molar-refractivity contribution in [1.82, 2.24) is 5.32 Å². The maximum Gasteiger partial charge on any atom is 0.308 e. The summed E-state index contributed by atoms with van der Waals surface area (Å²) in [6, 6.07) is 0. The van der Waals surface area contributed by atoms with E-state index in [0.717, 1.165) is 0 Å². The predicted molar refractivity (Wildman–Crippen MR) is 61.3 cm³/mol. The van der Waals surface area contributed by atoms with Crippen LogP contribution in [0, 0.1) is 11.3 Å². The quantitative estimate of drug-likeness (QED) is 0.489. The number of aliphatic carboxylic acids is 1. The van der Waals surface area contributed by atoms with E-state index in [1.54, 1.807) is 20.8 Å². The van der Waals surface area contributed by atoms with Crippen molar-refractivity contribution in [1.29, 1.82) is 0 Å². The molecular formula is C11H21NO5. The molecule has 0 aliphatic heterocycles. The lowest BCUT2D eigenvalue weighted by molar-refractivity contribution is -0.142. The van der Waals surface area contributed by atoms with E-state index in [2.05, 4.69) is 5.32 Å². The average molecular weight is 247 g/mol. The smallest absolute Gasteiger partial charge is 0.308 e. The molecule has 6 nitrogen and oxygen atoms in total. The molecule has 0 aromatic rings. The molecule has 0 rings (SSSR count). The number of hydrogen-bond donors (Lipinski definition) is 4. The van der Waals surface area contributed by atoms with Gasteiger partial charge in [0.05, 0.1) is 12.5 Å². The molecule has 6 heteroatoms. The molecule has 2 atom stereocenters. The Kier molecular flexibility index (Phi) is 6.12. The first-order chi connectivity index (χ1) is 7.76. The van der Waals surface area contributed by atoms with Gasteiger partial charge < -0.3 is 20.6 Å². The Labute approximate surface area is 101 Å². The number of aliphatic hydroxyl groups excluding tert-OH is 2. The van der Waals surface area contributed by atoms with Crippen molar-refractivity contribution in [3.05, 3.63) is 0 Å². The number of carbonyl (C=O) groups excluding carboxylic acids is 1. The van der Waals surface area contributed by atoms with E-state index < -0.39 is 29.3 Å². The van der Waals surface area contributed by atoms with Gasteiger partial charge in [0.15, 0.2) is 0 Å². The minimum atomic E-state index is -1.36. The van der Waals surface area contributed by atoms with Crippen molar-refractivity contribution in [2.24, 2.45) is 11.3 Å². The summed E-state index contributed by atoms with van der Waals surface area (Å²) in [5, 5.41) is 29.8. The molecule has 0 fully saturated rings. The molecule has 0 aliphatic rings. The molecular weight excluding hydrogens is 226 g/mol. The Morgan fingerprint density at radius 2 is 1.88 bits per heavy atom. The van der Waals surface area contributed by atoms with Crippen molar-refractivity contribution in [2.45, 2.75) is 33.3 Å². The Morgan fingerprint density at radius 3 is 2.24 bits per heavy atom. The highest BCUT2D eigenvalue weighted by atomic mass is 16.4. The molecule has 4 N–H and O–H groups in total. The van der Waals surface area contributed by atoms with Crippen LogP contribution in [0.25, 0.3) is 0 Å². The molecule has 0 spiro atoms. The molecule has 0 aromatic carbocycles. The van der Waals surface area contributed by atoms with Crippen LogP contribution < -0.4 is 5.32 Å². The summed E-state index contributed by atoms with van der Waals surface area (Å²) < 4.78 is 0. The fraction of sp³-hybridized carbons (Fsp3) is 0.818. The van der Waals surface area contributed by atoms with E-state index in [0.29, 0.717) is 6.42 Å². The maximum absolute atomic E-state index is 11.5. The number of carboxylic acid groups (broad SMARTS) is 1. The molecule has 17 heavy (non-hydrogen) atoms. The largest absolute Gasteiger partial charge is 0.481 e. The van der Waals surface area contributed by atoms with Crippen LogP contribution in [-0.2, 0) is 9.59 Å². The van der Waals surface area contributed by atoms with Crippen LogP contribution >= 0.6 is 0 Å². The van der Waals surface area contributed by atoms with Crippen LogP contribution in [0.5, 0.6) is 0 Å². The third-order valence-electron chi connectivity index (χ3n) is 2.76. The number of aliphatic hydroxyl groups is 2. The van der Waals surface area contributed by atoms with Crippen LogP contribution in [0.3, 0.4) is 0 Å². The van der Waals surface area contributed by atoms with E-state index >= 15 is 0 Å². The fourth-order valence-corrected chi connectivity index (χ4v) is 1.17. The molecule has 100 valence electrons. The van der Waals surface area contributed by atoms with Crippen molar-refractivity contribution >= 4 is 11.9 Å². The summed E-state index contributed by atoms with van der Waals surface area (Å²) in [7, 11) is 0. The zero-order valence-electron chi connectivity index (χ0n) is 10.4. The minimum absolute atomic E-state index is 0.0246. The highest BCUT2D eigenvalue weighted by Crippen LogP contribution is 2.19. The van der Waals surface area contributed by atoms with Crippen LogP contribution in [0.1, 0.15) is 27.2 Å². The lowest BCUT2D eigenvalue weighted by Gasteiger charge is -2.27. The van der Waals surface area contributed by atoms with Gasteiger partial charge in [-0.25, -0.2) is 0 Å². The standard InChI is InChI=1S/C11H21NO5/c1-4-7(10(16)17)5-12-9(15)8(14)11(2,3)6-13/h7-8,13-14H,4-6H2,1-3H3,(H,12,15)(H,16,17)/t7?,8-/m0/s1. The highest BCUT2D eigenvalue weighted by Gasteiger charge is 2.33. The van der Waals surface area contributed by atoms with Crippen molar-refractivity contribution in [3.8, 4) is 0 Å². The van der Waals surface area contributed by atoms with Gasteiger partial charge in [-0.15, -0.1) is 0 Å². The lowest BCUT2D eigenvalue weighted by atomic mass is 9.87. The number of carboxylic acids is 1. The summed E-state index contributed by atoms with van der Waals surface area (Å²) in [6.07, 6.45) is -0.964. The second-order valence-electron chi connectivity index (χ2n) is 4.74. The van der Waals surface area contributed by atoms with Gasteiger partial charge in [-0.05, 0) is 6.42 Å². The normalized spacial score (nSPS) is 15.1. The third kappa shape index (κ3) is 4.70. The summed E-state index contributed by atoms with van der Waals surface area (Å²) >= 11 is 0. The zero-order chi connectivity index (χ0) is 13.6. The monoisotopic (exact) mass is 247 g/mol. The Morgan fingerprint density at radius 1 is 1.35 bits per heavy atom. The van der Waals surface area contributed by atoms with Crippen LogP contribution in [0.2, 0.25) is 0 Å². The maximum atomic E-state index is 11.5. The molecule has 0 heterocycles. The van der Waals surface area contributed by atoms with Crippen LogP contribution in [0.4, 0.5) is 0 Å². The SMILES string of the molecule is CCC(CNC(=O)[C@H](O)C(C)(C)CO)C(=O)O. The van der Waals surface area contributed by atoms with Gasteiger partial charge >= 0.3 is 5.97 Å². The molecule has 0 radical (unpaired) electrons. The molecule has 1 amide bonds. The number of hydrogen-bond acceptors (Lipinski definition) is 4. The lowest BCUT2D eigenvalue weighted by Crippen LogP contribution is -2.47.